The Labute approximate surface area is 138 Å². The van der Waals surface area contributed by atoms with Gasteiger partial charge in [-0.25, -0.2) is 13.8 Å². The highest BCUT2D eigenvalue weighted by Crippen LogP contribution is 2.26. The Balaban J connectivity index is 0.00000176. The molecule has 0 aliphatic heterocycles. The van der Waals surface area contributed by atoms with Gasteiger partial charge in [-0.2, -0.15) is 0 Å². The van der Waals surface area contributed by atoms with Gasteiger partial charge in [0.2, 0.25) is 5.78 Å². The molecule has 4 nitrogen and oxygen atoms in total. The number of halogens is 4. The standard InChI is InChI=1S/C14H8BrF2N3O.ClH/c15-6-3-7-8(5-20-14(7)19-4-6)13(21)11-9(16)1-2-10(18)12(11)17;/h1-5H,18H2,(H,19,20);1H. The number of fused-ring (bicyclic) bond motifs is 1. The molecule has 22 heavy (non-hydrogen) atoms. The molecule has 0 radical (unpaired) electrons. The number of anilines is 1. The van der Waals surface area contributed by atoms with Crippen LogP contribution < -0.4 is 5.73 Å². The van der Waals surface area contributed by atoms with Gasteiger partial charge in [0.1, 0.15) is 11.5 Å². The first-order valence-electron chi connectivity index (χ1n) is 5.90. The highest BCUT2D eigenvalue weighted by atomic mass is 79.9. The van der Waals surface area contributed by atoms with E-state index in [2.05, 4.69) is 25.9 Å². The summed E-state index contributed by atoms with van der Waals surface area (Å²) in [5.74, 6) is -2.80. The zero-order valence-corrected chi connectivity index (χ0v) is 13.3. The van der Waals surface area contributed by atoms with Gasteiger partial charge in [0.05, 0.1) is 11.3 Å². The van der Waals surface area contributed by atoms with Gasteiger partial charge in [-0.1, -0.05) is 0 Å². The maximum atomic E-state index is 14.0. The van der Waals surface area contributed by atoms with Crippen LogP contribution >= 0.6 is 28.3 Å². The van der Waals surface area contributed by atoms with E-state index >= 15 is 0 Å². The summed E-state index contributed by atoms with van der Waals surface area (Å²) >= 11 is 3.24. The molecule has 0 unspecified atom stereocenters. The average molecular weight is 389 g/mol. The molecule has 3 rings (SSSR count). The molecule has 2 aromatic heterocycles. The fraction of sp³-hybridized carbons (Fsp3) is 0. The van der Waals surface area contributed by atoms with E-state index in [0.29, 0.717) is 15.5 Å². The van der Waals surface area contributed by atoms with E-state index in [0.717, 1.165) is 12.1 Å². The summed E-state index contributed by atoms with van der Waals surface area (Å²) in [5.41, 5.74) is 5.02. The lowest BCUT2D eigenvalue weighted by Gasteiger charge is -2.05. The van der Waals surface area contributed by atoms with Crippen molar-refractivity contribution in [3.63, 3.8) is 0 Å². The molecular weight excluding hydrogens is 380 g/mol. The minimum Gasteiger partial charge on any atom is -0.396 e. The number of nitrogens with two attached hydrogens (primary N) is 1. The smallest absolute Gasteiger partial charge is 0.201 e. The van der Waals surface area contributed by atoms with Crippen molar-refractivity contribution in [1.29, 1.82) is 0 Å². The number of hydrogen-bond donors (Lipinski definition) is 2. The molecule has 2 heterocycles. The fourth-order valence-corrected chi connectivity index (χ4v) is 2.41. The minimum absolute atomic E-state index is 0. The van der Waals surface area contributed by atoms with Gasteiger partial charge in [0.25, 0.3) is 0 Å². The second-order valence-corrected chi connectivity index (χ2v) is 5.32. The second-order valence-electron chi connectivity index (χ2n) is 4.41. The molecule has 0 bridgehead atoms. The SMILES string of the molecule is Cl.Nc1ccc(F)c(C(=O)c2c[nH]c3ncc(Br)cc23)c1F. The van der Waals surface area contributed by atoms with Crippen LogP contribution in [0, 0.1) is 11.6 Å². The van der Waals surface area contributed by atoms with Crippen molar-refractivity contribution >= 4 is 50.8 Å². The summed E-state index contributed by atoms with van der Waals surface area (Å²) in [6, 6.07) is 3.69. The topological polar surface area (TPSA) is 71.8 Å². The number of aromatic amines is 1. The molecular formula is C14H9BrClF2N3O. The largest absolute Gasteiger partial charge is 0.396 e. The van der Waals surface area contributed by atoms with Crippen LogP contribution in [0.5, 0.6) is 0 Å². The lowest BCUT2D eigenvalue weighted by atomic mass is 10.0. The quantitative estimate of drug-likeness (QED) is 0.517. The summed E-state index contributed by atoms with van der Waals surface area (Å²) in [6.45, 7) is 0. The van der Waals surface area contributed by atoms with Gasteiger partial charge in [-0.3, -0.25) is 4.79 Å². The third kappa shape index (κ3) is 2.57. The number of benzene rings is 1. The van der Waals surface area contributed by atoms with Crippen LogP contribution in [0.25, 0.3) is 11.0 Å². The summed E-state index contributed by atoms with van der Waals surface area (Å²) < 4.78 is 28.4. The van der Waals surface area contributed by atoms with Gasteiger partial charge in [-0.05, 0) is 34.1 Å². The number of nitrogens with one attached hydrogen (secondary N) is 1. The van der Waals surface area contributed by atoms with Crippen LogP contribution in [0.1, 0.15) is 15.9 Å². The van der Waals surface area contributed by atoms with E-state index < -0.39 is 23.0 Å². The number of hydrogen-bond acceptors (Lipinski definition) is 3. The number of nitrogens with zero attached hydrogens (tertiary/aromatic N) is 1. The molecule has 3 aromatic rings. The first-order valence-corrected chi connectivity index (χ1v) is 6.69. The van der Waals surface area contributed by atoms with E-state index in [9.17, 15) is 13.6 Å². The normalized spacial score (nSPS) is 10.5. The van der Waals surface area contributed by atoms with Crippen molar-refractivity contribution in [2.24, 2.45) is 0 Å². The molecule has 1 aromatic carbocycles. The fourth-order valence-electron chi connectivity index (χ4n) is 2.08. The molecule has 3 N–H and O–H groups in total. The third-order valence-electron chi connectivity index (χ3n) is 3.09. The van der Waals surface area contributed by atoms with E-state index in [4.69, 9.17) is 5.73 Å². The Morgan fingerprint density at radius 1 is 1.32 bits per heavy atom. The van der Waals surface area contributed by atoms with Crippen molar-refractivity contribution in [2.45, 2.75) is 0 Å². The lowest BCUT2D eigenvalue weighted by Crippen LogP contribution is -2.09. The third-order valence-corrected chi connectivity index (χ3v) is 3.52. The molecule has 0 aliphatic rings. The maximum Gasteiger partial charge on any atom is 0.201 e. The Kier molecular flexibility index (Phi) is 4.48. The second kappa shape index (κ2) is 6.02. The number of carbonyl (C=O) groups is 1. The van der Waals surface area contributed by atoms with Crippen molar-refractivity contribution < 1.29 is 13.6 Å². The van der Waals surface area contributed by atoms with Crippen LogP contribution in [0.15, 0.2) is 35.1 Å². The highest BCUT2D eigenvalue weighted by molar-refractivity contribution is 9.10. The molecule has 0 amide bonds. The Morgan fingerprint density at radius 2 is 2.05 bits per heavy atom. The number of H-pyrrole nitrogens is 1. The Bertz CT molecular complexity index is 882. The van der Waals surface area contributed by atoms with Crippen LogP contribution in [0.4, 0.5) is 14.5 Å². The molecule has 0 fully saturated rings. The summed E-state index contributed by atoms with van der Waals surface area (Å²) in [7, 11) is 0. The van der Waals surface area contributed by atoms with E-state index in [1.165, 1.54) is 6.20 Å². The van der Waals surface area contributed by atoms with Crippen LogP contribution in [-0.2, 0) is 0 Å². The van der Waals surface area contributed by atoms with Crippen molar-refractivity contribution in [1.82, 2.24) is 9.97 Å². The van der Waals surface area contributed by atoms with Gasteiger partial charge < -0.3 is 10.7 Å². The number of rotatable bonds is 2. The average Bonchev–Trinajstić information content (AvgIpc) is 2.86. The van der Waals surface area contributed by atoms with E-state index in [-0.39, 0.29) is 23.7 Å². The zero-order valence-electron chi connectivity index (χ0n) is 10.9. The van der Waals surface area contributed by atoms with E-state index in [1.807, 2.05) is 0 Å². The predicted molar refractivity (Wildman–Crippen MR) is 85.2 cm³/mol. The number of ketones is 1. The molecule has 0 saturated carbocycles. The number of pyridine rings is 1. The van der Waals surface area contributed by atoms with Crippen LogP contribution in [0.3, 0.4) is 0 Å². The predicted octanol–water partition coefficient (Wildman–Crippen LogP) is 3.84. The maximum absolute atomic E-state index is 14.0. The van der Waals surface area contributed by atoms with Gasteiger partial charge >= 0.3 is 0 Å². The number of nitrogen functional groups attached to an aromatic ring is 1. The molecule has 114 valence electrons. The number of carbonyl (C=O) groups excluding carboxylic acids is 1. The van der Waals surface area contributed by atoms with Crippen LogP contribution in [0.2, 0.25) is 0 Å². The molecule has 0 spiro atoms. The zero-order chi connectivity index (χ0) is 15.1. The van der Waals surface area contributed by atoms with Crippen molar-refractivity contribution in [3.05, 3.63) is 57.8 Å². The first kappa shape index (κ1) is 16.4. The molecule has 8 heteroatoms. The first-order chi connectivity index (χ1) is 9.99. The Morgan fingerprint density at radius 3 is 2.77 bits per heavy atom. The highest BCUT2D eigenvalue weighted by Gasteiger charge is 2.23. The van der Waals surface area contributed by atoms with Gasteiger partial charge in [-0.15, -0.1) is 12.4 Å². The van der Waals surface area contributed by atoms with E-state index in [1.54, 1.807) is 12.3 Å². The molecule has 0 aliphatic carbocycles. The van der Waals surface area contributed by atoms with Gasteiger partial charge in [0, 0.05) is 27.8 Å². The summed E-state index contributed by atoms with van der Waals surface area (Å²) in [6.07, 6.45) is 2.92. The van der Waals surface area contributed by atoms with Crippen LogP contribution in [-0.4, -0.2) is 15.8 Å². The summed E-state index contributed by atoms with van der Waals surface area (Å²) in [5, 5.41) is 0.468. The molecule has 0 saturated heterocycles. The van der Waals surface area contributed by atoms with Gasteiger partial charge in [0.15, 0.2) is 5.82 Å². The number of aromatic nitrogens is 2. The van der Waals surface area contributed by atoms with Crippen molar-refractivity contribution in [2.75, 3.05) is 5.73 Å². The summed E-state index contributed by atoms with van der Waals surface area (Å²) in [4.78, 5) is 19.3. The monoisotopic (exact) mass is 387 g/mol. The Hall–Kier alpha value is -1.99. The van der Waals surface area contributed by atoms with Crippen molar-refractivity contribution in [3.8, 4) is 0 Å². The molecule has 0 atom stereocenters. The lowest BCUT2D eigenvalue weighted by molar-refractivity contribution is 0.103. The minimum atomic E-state index is -1.06.